The number of ether oxygens (including phenoxy) is 2. The van der Waals surface area contributed by atoms with Crippen LogP contribution in [0.3, 0.4) is 0 Å². The zero-order valence-corrected chi connectivity index (χ0v) is 8.99. The van der Waals surface area contributed by atoms with Crippen LogP contribution >= 0.6 is 0 Å². The van der Waals surface area contributed by atoms with Gasteiger partial charge in [-0.1, -0.05) is 0 Å². The van der Waals surface area contributed by atoms with Crippen LogP contribution in [0.1, 0.15) is 12.8 Å². The van der Waals surface area contributed by atoms with Crippen LogP contribution in [-0.2, 0) is 19.1 Å². The van der Waals surface area contributed by atoms with Crippen LogP contribution in [-0.4, -0.2) is 50.5 Å². The van der Waals surface area contributed by atoms with Crippen molar-refractivity contribution in [1.29, 1.82) is 0 Å². The molecule has 0 aromatic carbocycles. The Hall–Kier alpha value is -1.14. The monoisotopic (exact) mass is 219 g/mol. The van der Waals surface area contributed by atoms with Crippen LogP contribution in [0.2, 0.25) is 0 Å². The molecule has 0 fully saturated rings. The first-order chi connectivity index (χ1) is 7.10. The van der Waals surface area contributed by atoms with Crippen molar-refractivity contribution in [2.75, 3.05) is 27.4 Å². The van der Waals surface area contributed by atoms with Crippen LogP contribution < -0.4 is 5.32 Å². The van der Waals surface area contributed by atoms with Gasteiger partial charge in [0.1, 0.15) is 0 Å². The number of aliphatic carboxylic acids is 1. The van der Waals surface area contributed by atoms with E-state index in [1.54, 1.807) is 0 Å². The number of rotatable bonds is 8. The molecule has 0 saturated heterocycles. The Bertz CT molecular complexity index is 201. The van der Waals surface area contributed by atoms with Crippen molar-refractivity contribution in [2.24, 2.45) is 0 Å². The Kier molecular flexibility index (Phi) is 7.57. The standard InChI is InChI=1S/C9H17NO5/c1-14-5-7(6-15-2)10-8(11)3-4-9(12)13/h7H,3-6H2,1-2H3,(H,10,11)(H,12,13). The number of hydrogen-bond donors (Lipinski definition) is 2. The Morgan fingerprint density at radius 3 is 2.13 bits per heavy atom. The molecular formula is C9H17NO5. The number of amides is 1. The number of carboxylic acid groups (broad SMARTS) is 1. The lowest BCUT2D eigenvalue weighted by atomic mass is 10.2. The minimum absolute atomic E-state index is 0.0285. The summed E-state index contributed by atoms with van der Waals surface area (Å²) >= 11 is 0. The van der Waals surface area contributed by atoms with Gasteiger partial charge in [0.2, 0.25) is 5.91 Å². The molecule has 6 nitrogen and oxygen atoms in total. The first kappa shape index (κ1) is 13.9. The molecule has 15 heavy (non-hydrogen) atoms. The fourth-order valence-corrected chi connectivity index (χ4v) is 1.05. The summed E-state index contributed by atoms with van der Waals surface area (Å²) in [5.41, 5.74) is 0. The summed E-state index contributed by atoms with van der Waals surface area (Å²) in [6.07, 6.45) is -0.197. The molecule has 0 spiro atoms. The predicted molar refractivity (Wildman–Crippen MR) is 52.6 cm³/mol. The topological polar surface area (TPSA) is 84.9 Å². The highest BCUT2D eigenvalue weighted by Gasteiger charge is 2.12. The summed E-state index contributed by atoms with van der Waals surface area (Å²) in [5, 5.41) is 11.0. The second-order valence-electron chi connectivity index (χ2n) is 3.07. The van der Waals surface area contributed by atoms with E-state index in [0.29, 0.717) is 13.2 Å². The Morgan fingerprint density at radius 1 is 1.20 bits per heavy atom. The average molecular weight is 219 g/mol. The lowest BCUT2D eigenvalue weighted by Crippen LogP contribution is -2.41. The van der Waals surface area contributed by atoms with Crippen molar-refractivity contribution in [3.63, 3.8) is 0 Å². The lowest BCUT2D eigenvalue weighted by Gasteiger charge is -2.16. The number of methoxy groups -OCH3 is 2. The largest absolute Gasteiger partial charge is 0.481 e. The van der Waals surface area contributed by atoms with E-state index >= 15 is 0 Å². The maximum absolute atomic E-state index is 11.2. The third-order valence-electron chi connectivity index (χ3n) is 1.67. The third kappa shape index (κ3) is 7.90. The molecule has 0 atom stereocenters. The van der Waals surface area contributed by atoms with Gasteiger partial charge in [0.05, 0.1) is 25.7 Å². The molecule has 0 unspecified atom stereocenters. The van der Waals surface area contributed by atoms with Crippen molar-refractivity contribution >= 4 is 11.9 Å². The molecule has 0 bridgehead atoms. The van der Waals surface area contributed by atoms with Gasteiger partial charge in [-0.15, -0.1) is 0 Å². The van der Waals surface area contributed by atoms with Crippen molar-refractivity contribution in [1.82, 2.24) is 5.32 Å². The number of carbonyl (C=O) groups excluding carboxylic acids is 1. The maximum Gasteiger partial charge on any atom is 0.303 e. The Morgan fingerprint density at radius 2 is 1.73 bits per heavy atom. The highest BCUT2D eigenvalue weighted by atomic mass is 16.5. The fraction of sp³-hybridized carbons (Fsp3) is 0.778. The van der Waals surface area contributed by atoms with E-state index in [0.717, 1.165) is 0 Å². The number of carbonyl (C=O) groups is 2. The number of hydrogen-bond acceptors (Lipinski definition) is 4. The molecule has 0 radical (unpaired) electrons. The summed E-state index contributed by atoms with van der Waals surface area (Å²) in [6, 6.07) is -0.235. The first-order valence-corrected chi connectivity index (χ1v) is 4.59. The maximum atomic E-state index is 11.2. The molecule has 0 heterocycles. The fourth-order valence-electron chi connectivity index (χ4n) is 1.05. The summed E-state index contributed by atoms with van der Waals surface area (Å²) in [7, 11) is 3.04. The number of carboxylic acids is 1. The van der Waals surface area contributed by atoms with E-state index in [-0.39, 0.29) is 24.8 Å². The van der Waals surface area contributed by atoms with E-state index in [1.165, 1.54) is 14.2 Å². The average Bonchev–Trinajstić information content (AvgIpc) is 2.15. The quantitative estimate of drug-likeness (QED) is 0.581. The van der Waals surface area contributed by atoms with E-state index < -0.39 is 5.97 Å². The zero-order valence-electron chi connectivity index (χ0n) is 8.99. The van der Waals surface area contributed by atoms with E-state index in [2.05, 4.69) is 5.32 Å². The molecule has 0 aliphatic rings. The summed E-state index contributed by atoms with van der Waals surface area (Å²) in [5.74, 6) is -1.29. The molecule has 1 amide bonds. The Labute approximate surface area is 88.6 Å². The van der Waals surface area contributed by atoms with Gasteiger partial charge < -0.3 is 19.9 Å². The van der Waals surface area contributed by atoms with Crippen molar-refractivity contribution in [3.05, 3.63) is 0 Å². The highest BCUT2D eigenvalue weighted by molar-refractivity contribution is 5.80. The van der Waals surface area contributed by atoms with Crippen molar-refractivity contribution < 1.29 is 24.2 Å². The molecular weight excluding hydrogens is 202 g/mol. The zero-order chi connectivity index (χ0) is 11.7. The van der Waals surface area contributed by atoms with Crippen LogP contribution in [0.4, 0.5) is 0 Å². The minimum atomic E-state index is -0.986. The smallest absolute Gasteiger partial charge is 0.303 e. The van der Waals surface area contributed by atoms with Gasteiger partial charge in [-0.25, -0.2) is 0 Å². The van der Waals surface area contributed by atoms with E-state index in [1.807, 2.05) is 0 Å². The van der Waals surface area contributed by atoms with Gasteiger partial charge in [-0.3, -0.25) is 9.59 Å². The van der Waals surface area contributed by atoms with E-state index in [9.17, 15) is 9.59 Å². The van der Waals surface area contributed by atoms with Crippen molar-refractivity contribution in [2.45, 2.75) is 18.9 Å². The molecule has 0 aromatic rings. The lowest BCUT2D eigenvalue weighted by molar-refractivity contribution is -0.139. The SMILES string of the molecule is COCC(COC)NC(=O)CCC(=O)O. The van der Waals surface area contributed by atoms with Crippen LogP contribution in [0.15, 0.2) is 0 Å². The summed E-state index contributed by atoms with van der Waals surface area (Å²) in [4.78, 5) is 21.4. The highest BCUT2D eigenvalue weighted by Crippen LogP contribution is 1.92. The second kappa shape index (κ2) is 8.19. The second-order valence-corrected chi connectivity index (χ2v) is 3.07. The molecule has 6 heteroatoms. The van der Waals surface area contributed by atoms with Gasteiger partial charge in [0.15, 0.2) is 0 Å². The molecule has 0 aromatic heterocycles. The number of nitrogens with one attached hydrogen (secondary N) is 1. The van der Waals surface area contributed by atoms with Crippen LogP contribution in [0.25, 0.3) is 0 Å². The molecule has 0 aliphatic heterocycles. The molecule has 0 saturated carbocycles. The third-order valence-corrected chi connectivity index (χ3v) is 1.67. The Balaban J connectivity index is 3.82. The van der Waals surface area contributed by atoms with E-state index in [4.69, 9.17) is 14.6 Å². The molecule has 0 rings (SSSR count). The summed E-state index contributed by atoms with van der Waals surface area (Å²) < 4.78 is 9.74. The van der Waals surface area contributed by atoms with Crippen LogP contribution in [0, 0.1) is 0 Å². The van der Waals surface area contributed by atoms with Gasteiger partial charge in [0.25, 0.3) is 0 Å². The molecule has 88 valence electrons. The van der Waals surface area contributed by atoms with Crippen LogP contribution in [0.5, 0.6) is 0 Å². The first-order valence-electron chi connectivity index (χ1n) is 4.59. The molecule has 2 N–H and O–H groups in total. The summed E-state index contributed by atoms with van der Waals surface area (Å²) in [6.45, 7) is 0.680. The van der Waals surface area contributed by atoms with Gasteiger partial charge in [0, 0.05) is 20.6 Å². The normalized spacial score (nSPS) is 10.3. The minimum Gasteiger partial charge on any atom is -0.481 e. The molecule has 0 aliphatic carbocycles. The van der Waals surface area contributed by atoms with Gasteiger partial charge in [-0.05, 0) is 0 Å². The predicted octanol–water partition coefficient (Wildman–Crippen LogP) is -0.371. The van der Waals surface area contributed by atoms with Gasteiger partial charge >= 0.3 is 5.97 Å². The van der Waals surface area contributed by atoms with Crippen molar-refractivity contribution in [3.8, 4) is 0 Å². The van der Waals surface area contributed by atoms with Gasteiger partial charge in [-0.2, -0.15) is 0 Å².